The van der Waals surface area contributed by atoms with Crippen molar-refractivity contribution in [3.8, 4) is 5.75 Å². The highest BCUT2D eigenvalue weighted by molar-refractivity contribution is 7.89. The largest absolute Gasteiger partial charge is 0.495 e. The van der Waals surface area contributed by atoms with Crippen molar-refractivity contribution >= 4 is 39.1 Å². The Morgan fingerprint density at radius 3 is 2.38 bits per heavy atom. The van der Waals surface area contributed by atoms with Crippen molar-refractivity contribution in [3.05, 3.63) is 53.1 Å². The number of anilines is 1. The van der Waals surface area contributed by atoms with Gasteiger partial charge in [-0.2, -0.15) is 0 Å². The van der Waals surface area contributed by atoms with Crippen molar-refractivity contribution in [1.82, 2.24) is 10.0 Å². The van der Waals surface area contributed by atoms with Crippen LogP contribution >= 0.6 is 11.6 Å². The molecule has 0 heterocycles. The molecule has 2 aromatic carbocycles. The van der Waals surface area contributed by atoms with Crippen LogP contribution in [-0.2, 0) is 14.8 Å². The minimum Gasteiger partial charge on any atom is -0.495 e. The molecule has 0 aliphatic rings. The number of rotatable bonds is 9. The van der Waals surface area contributed by atoms with E-state index < -0.39 is 10.0 Å². The number of hydrogen-bond donors (Lipinski definition) is 3. The van der Waals surface area contributed by atoms with E-state index in [2.05, 4.69) is 15.4 Å². The van der Waals surface area contributed by atoms with Gasteiger partial charge in [0.2, 0.25) is 15.9 Å². The van der Waals surface area contributed by atoms with Crippen molar-refractivity contribution in [3.63, 3.8) is 0 Å². The fourth-order valence-corrected chi connectivity index (χ4v) is 3.82. The molecular formula is C19H22ClN3O5S. The molecule has 0 aliphatic carbocycles. The van der Waals surface area contributed by atoms with Gasteiger partial charge in [0.25, 0.3) is 5.91 Å². The van der Waals surface area contributed by atoms with Crippen LogP contribution in [0.2, 0.25) is 5.02 Å². The number of amides is 2. The number of halogens is 1. The molecule has 0 radical (unpaired) electrons. The van der Waals surface area contributed by atoms with Crippen molar-refractivity contribution in [1.29, 1.82) is 0 Å². The van der Waals surface area contributed by atoms with Gasteiger partial charge in [-0.3, -0.25) is 9.59 Å². The maximum absolute atomic E-state index is 12.4. The van der Waals surface area contributed by atoms with Gasteiger partial charge in [0, 0.05) is 35.8 Å². The summed E-state index contributed by atoms with van der Waals surface area (Å²) < 4.78 is 32.3. The summed E-state index contributed by atoms with van der Waals surface area (Å²) in [7, 11) is -2.50. The SMILES string of the molecule is CCC(=O)Nc1ccc(C(=O)NCCNS(=O)(=O)c2cc(Cl)ccc2OC)cc1. The highest BCUT2D eigenvalue weighted by Crippen LogP contribution is 2.26. The quantitative estimate of drug-likeness (QED) is 0.519. The minimum atomic E-state index is -3.86. The van der Waals surface area contributed by atoms with E-state index in [1.54, 1.807) is 31.2 Å². The van der Waals surface area contributed by atoms with Crippen LogP contribution in [0.15, 0.2) is 47.4 Å². The van der Waals surface area contributed by atoms with E-state index >= 15 is 0 Å². The molecule has 29 heavy (non-hydrogen) atoms. The van der Waals surface area contributed by atoms with Crippen LogP contribution in [0.4, 0.5) is 5.69 Å². The third kappa shape index (κ3) is 6.45. The monoisotopic (exact) mass is 439 g/mol. The summed E-state index contributed by atoms with van der Waals surface area (Å²) in [6, 6.07) is 10.7. The first-order valence-electron chi connectivity index (χ1n) is 8.78. The number of sulfonamides is 1. The molecule has 3 N–H and O–H groups in total. The number of hydrogen-bond acceptors (Lipinski definition) is 5. The molecule has 0 aromatic heterocycles. The van der Waals surface area contributed by atoms with Gasteiger partial charge in [0.15, 0.2) is 0 Å². The summed E-state index contributed by atoms with van der Waals surface area (Å²) in [5, 5.41) is 5.57. The van der Waals surface area contributed by atoms with E-state index in [1.165, 1.54) is 25.3 Å². The summed E-state index contributed by atoms with van der Waals surface area (Å²) in [4.78, 5) is 23.4. The molecule has 0 spiro atoms. The molecular weight excluding hydrogens is 418 g/mol. The van der Waals surface area contributed by atoms with Crippen LogP contribution in [0.5, 0.6) is 5.75 Å². The van der Waals surface area contributed by atoms with E-state index in [0.717, 1.165) is 0 Å². The van der Waals surface area contributed by atoms with Crippen molar-refractivity contribution < 1.29 is 22.7 Å². The van der Waals surface area contributed by atoms with Crippen molar-refractivity contribution in [2.24, 2.45) is 0 Å². The normalized spacial score (nSPS) is 11.0. The van der Waals surface area contributed by atoms with Crippen LogP contribution in [-0.4, -0.2) is 40.4 Å². The van der Waals surface area contributed by atoms with Crippen LogP contribution in [0.25, 0.3) is 0 Å². The highest BCUT2D eigenvalue weighted by atomic mass is 35.5. The van der Waals surface area contributed by atoms with Crippen LogP contribution in [0, 0.1) is 0 Å². The second-order valence-electron chi connectivity index (χ2n) is 5.93. The average molecular weight is 440 g/mol. The molecule has 0 unspecified atom stereocenters. The fourth-order valence-electron chi connectivity index (χ4n) is 2.36. The summed E-state index contributed by atoms with van der Waals surface area (Å²) >= 11 is 5.87. The lowest BCUT2D eigenvalue weighted by Gasteiger charge is -2.11. The highest BCUT2D eigenvalue weighted by Gasteiger charge is 2.19. The molecule has 0 aliphatic heterocycles. The zero-order valence-corrected chi connectivity index (χ0v) is 17.6. The summed E-state index contributed by atoms with van der Waals surface area (Å²) in [6.45, 7) is 1.80. The maximum Gasteiger partial charge on any atom is 0.251 e. The molecule has 2 aromatic rings. The topological polar surface area (TPSA) is 114 Å². The van der Waals surface area contributed by atoms with E-state index in [4.69, 9.17) is 16.3 Å². The van der Waals surface area contributed by atoms with Crippen molar-refractivity contribution in [2.45, 2.75) is 18.2 Å². The van der Waals surface area contributed by atoms with E-state index in [9.17, 15) is 18.0 Å². The Morgan fingerprint density at radius 2 is 1.76 bits per heavy atom. The van der Waals surface area contributed by atoms with Gasteiger partial charge in [0.1, 0.15) is 10.6 Å². The fraction of sp³-hybridized carbons (Fsp3) is 0.263. The zero-order chi connectivity index (χ0) is 21.4. The second-order valence-corrected chi connectivity index (χ2v) is 8.10. The maximum atomic E-state index is 12.4. The first-order chi connectivity index (χ1) is 13.8. The number of ether oxygens (including phenoxy) is 1. The number of carbonyl (C=O) groups excluding carboxylic acids is 2. The molecule has 10 heteroatoms. The predicted octanol–water partition coefficient (Wildman–Crippen LogP) is 2.41. The third-order valence-electron chi connectivity index (χ3n) is 3.87. The Morgan fingerprint density at radius 1 is 1.07 bits per heavy atom. The molecule has 0 bridgehead atoms. The molecule has 8 nitrogen and oxygen atoms in total. The van der Waals surface area contributed by atoms with Crippen LogP contribution in [0.1, 0.15) is 23.7 Å². The molecule has 156 valence electrons. The summed E-state index contributed by atoms with van der Waals surface area (Å²) in [5.41, 5.74) is 0.982. The van der Waals surface area contributed by atoms with E-state index in [0.29, 0.717) is 17.7 Å². The Labute approximate surface area is 174 Å². The summed E-state index contributed by atoms with van der Waals surface area (Å²) in [5.74, 6) is -0.315. The number of carbonyl (C=O) groups is 2. The van der Waals surface area contributed by atoms with Gasteiger partial charge < -0.3 is 15.4 Å². The first-order valence-corrected chi connectivity index (χ1v) is 10.6. The molecule has 0 saturated carbocycles. The Bertz CT molecular complexity index is 978. The molecule has 2 amide bonds. The molecule has 2 rings (SSSR count). The number of nitrogens with one attached hydrogen (secondary N) is 3. The standard InChI is InChI=1S/C19H22ClN3O5S/c1-3-18(24)23-15-7-4-13(5-8-15)19(25)21-10-11-22-29(26,27)17-12-14(20)6-9-16(17)28-2/h4-9,12,22H,3,10-11H2,1-2H3,(H,21,25)(H,23,24). The third-order valence-corrected chi connectivity index (χ3v) is 5.59. The number of methoxy groups -OCH3 is 1. The lowest BCUT2D eigenvalue weighted by molar-refractivity contribution is -0.115. The van der Waals surface area contributed by atoms with Gasteiger partial charge in [0.05, 0.1) is 7.11 Å². The van der Waals surface area contributed by atoms with Crippen LogP contribution < -0.4 is 20.1 Å². The molecule has 0 atom stereocenters. The van der Waals surface area contributed by atoms with Crippen LogP contribution in [0.3, 0.4) is 0 Å². The van der Waals surface area contributed by atoms with Gasteiger partial charge in [-0.25, -0.2) is 13.1 Å². The lowest BCUT2D eigenvalue weighted by atomic mass is 10.2. The minimum absolute atomic E-state index is 0.0195. The molecule has 0 fully saturated rings. The predicted molar refractivity (Wildman–Crippen MR) is 111 cm³/mol. The Kier molecular flexibility index (Phi) is 8.00. The first kappa shape index (κ1) is 22.7. The van der Waals surface area contributed by atoms with E-state index in [-0.39, 0.29) is 40.6 Å². The number of benzene rings is 2. The van der Waals surface area contributed by atoms with Gasteiger partial charge in [-0.1, -0.05) is 18.5 Å². The zero-order valence-electron chi connectivity index (χ0n) is 16.0. The van der Waals surface area contributed by atoms with Gasteiger partial charge in [-0.15, -0.1) is 0 Å². The average Bonchev–Trinajstić information content (AvgIpc) is 2.71. The Hall–Kier alpha value is -2.62. The smallest absolute Gasteiger partial charge is 0.251 e. The summed E-state index contributed by atoms with van der Waals surface area (Å²) in [6.07, 6.45) is 0.360. The second kappa shape index (κ2) is 10.2. The Balaban J connectivity index is 1.89. The molecule has 0 saturated heterocycles. The lowest BCUT2D eigenvalue weighted by Crippen LogP contribution is -2.34. The van der Waals surface area contributed by atoms with Gasteiger partial charge >= 0.3 is 0 Å². The van der Waals surface area contributed by atoms with Crippen molar-refractivity contribution in [2.75, 3.05) is 25.5 Å². The van der Waals surface area contributed by atoms with Gasteiger partial charge in [-0.05, 0) is 42.5 Å². The van der Waals surface area contributed by atoms with E-state index in [1.807, 2.05) is 0 Å².